The van der Waals surface area contributed by atoms with E-state index in [1.165, 1.54) is 12.1 Å². The molecule has 0 bridgehead atoms. The Morgan fingerprint density at radius 1 is 1.19 bits per heavy atom. The number of rotatable bonds is 6. The maximum Gasteiger partial charge on any atom is 0.238 e. The first-order valence-corrected chi connectivity index (χ1v) is 9.34. The third-order valence-electron chi connectivity index (χ3n) is 3.95. The van der Waals surface area contributed by atoms with Crippen molar-refractivity contribution in [3.8, 4) is 5.75 Å². The van der Waals surface area contributed by atoms with Gasteiger partial charge in [0.25, 0.3) is 0 Å². The van der Waals surface area contributed by atoms with Gasteiger partial charge in [-0.1, -0.05) is 12.1 Å². The molecule has 0 aliphatic rings. The Hall–Kier alpha value is -2.84. The minimum absolute atomic E-state index is 0.0337. The molecule has 136 valence electrons. The van der Waals surface area contributed by atoms with Crippen LogP contribution >= 0.6 is 0 Å². The van der Waals surface area contributed by atoms with Gasteiger partial charge in [-0.15, -0.1) is 0 Å². The number of sulfonamides is 1. The highest BCUT2D eigenvalue weighted by atomic mass is 32.2. The molecule has 0 saturated heterocycles. The van der Waals surface area contributed by atoms with Crippen molar-refractivity contribution < 1.29 is 22.4 Å². The summed E-state index contributed by atoms with van der Waals surface area (Å²) in [5.74, 6) is 0.515. The summed E-state index contributed by atoms with van der Waals surface area (Å²) in [5, 5.41) is 8.68. The van der Waals surface area contributed by atoms with Crippen LogP contribution in [0.5, 0.6) is 5.75 Å². The zero-order valence-corrected chi connectivity index (χ0v) is 14.9. The molecular weight excluding hydrogens is 356 g/mol. The summed E-state index contributed by atoms with van der Waals surface area (Å²) in [7, 11) is -2.14. The van der Waals surface area contributed by atoms with Crippen LogP contribution in [-0.4, -0.2) is 21.4 Å². The van der Waals surface area contributed by atoms with Gasteiger partial charge < -0.3 is 14.5 Å². The Labute approximate surface area is 150 Å². The number of hydrogen-bond acceptors (Lipinski definition) is 5. The second-order valence-corrected chi connectivity index (χ2v) is 7.33. The topological polar surface area (TPSA) is 112 Å². The molecule has 0 aliphatic carbocycles. The summed E-state index contributed by atoms with van der Waals surface area (Å²) in [5.41, 5.74) is 2.22. The van der Waals surface area contributed by atoms with Crippen molar-refractivity contribution in [2.24, 2.45) is 5.14 Å². The SMILES string of the molecule is COc1ccc2occ(CC(=O)NCc3ccc(S(N)(=O)=O)cc3)c2c1. The minimum atomic E-state index is -3.72. The molecule has 3 rings (SSSR count). The number of nitrogens with one attached hydrogen (secondary N) is 1. The molecule has 7 nitrogen and oxygen atoms in total. The third kappa shape index (κ3) is 4.04. The van der Waals surface area contributed by atoms with Gasteiger partial charge in [0.1, 0.15) is 11.3 Å². The molecule has 0 unspecified atom stereocenters. The summed E-state index contributed by atoms with van der Waals surface area (Å²) in [6, 6.07) is 11.5. The lowest BCUT2D eigenvalue weighted by atomic mass is 10.1. The summed E-state index contributed by atoms with van der Waals surface area (Å²) < 4.78 is 33.1. The van der Waals surface area contributed by atoms with Gasteiger partial charge in [0.2, 0.25) is 15.9 Å². The second-order valence-electron chi connectivity index (χ2n) is 5.77. The molecule has 0 aliphatic heterocycles. The Balaban J connectivity index is 1.64. The van der Waals surface area contributed by atoms with E-state index in [2.05, 4.69) is 5.32 Å². The first-order valence-electron chi connectivity index (χ1n) is 7.79. The monoisotopic (exact) mass is 374 g/mol. The van der Waals surface area contributed by atoms with Crippen molar-refractivity contribution in [2.75, 3.05) is 7.11 Å². The summed E-state index contributed by atoms with van der Waals surface area (Å²) >= 11 is 0. The molecule has 3 aromatic rings. The van der Waals surface area contributed by atoms with Gasteiger partial charge in [0, 0.05) is 17.5 Å². The van der Waals surface area contributed by atoms with Crippen molar-refractivity contribution in [3.63, 3.8) is 0 Å². The first kappa shape index (κ1) is 18.0. The van der Waals surface area contributed by atoms with Crippen molar-refractivity contribution in [2.45, 2.75) is 17.9 Å². The number of benzene rings is 2. The lowest BCUT2D eigenvalue weighted by molar-refractivity contribution is -0.120. The van der Waals surface area contributed by atoms with Crippen LogP contribution in [0.25, 0.3) is 11.0 Å². The third-order valence-corrected chi connectivity index (χ3v) is 4.88. The van der Waals surface area contributed by atoms with E-state index in [-0.39, 0.29) is 23.8 Å². The highest BCUT2D eigenvalue weighted by Gasteiger charge is 2.12. The average Bonchev–Trinajstić information content (AvgIpc) is 3.01. The van der Waals surface area contributed by atoms with Gasteiger partial charge in [-0.05, 0) is 35.9 Å². The van der Waals surface area contributed by atoms with E-state index in [4.69, 9.17) is 14.3 Å². The van der Waals surface area contributed by atoms with Crippen molar-refractivity contribution in [3.05, 3.63) is 59.9 Å². The smallest absolute Gasteiger partial charge is 0.238 e. The molecule has 1 heterocycles. The van der Waals surface area contributed by atoms with E-state index in [0.29, 0.717) is 11.3 Å². The van der Waals surface area contributed by atoms with Crippen LogP contribution in [0.4, 0.5) is 0 Å². The minimum Gasteiger partial charge on any atom is -0.497 e. The molecule has 0 atom stereocenters. The average molecular weight is 374 g/mol. The fourth-order valence-corrected chi connectivity index (χ4v) is 3.07. The van der Waals surface area contributed by atoms with Crippen LogP contribution < -0.4 is 15.2 Å². The number of amides is 1. The van der Waals surface area contributed by atoms with E-state index < -0.39 is 10.0 Å². The van der Waals surface area contributed by atoms with E-state index >= 15 is 0 Å². The molecule has 3 N–H and O–H groups in total. The van der Waals surface area contributed by atoms with Gasteiger partial charge in [0.15, 0.2) is 0 Å². The normalized spacial score (nSPS) is 11.5. The largest absolute Gasteiger partial charge is 0.497 e. The number of nitrogens with two attached hydrogens (primary N) is 1. The first-order chi connectivity index (χ1) is 12.4. The predicted molar refractivity (Wildman–Crippen MR) is 96.1 cm³/mol. The molecule has 0 saturated carbocycles. The molecule has 1 amide bonds. The summed E-state index contributed by atoms with van der Waals surface area (Å²) in [4.78, 5) is 12.2. The maximum atomic E-state index is 12.2. The standard InChI is InChI=1S/C18H18N2O5S/c1-24-14-4-7-17-16(9-14)13(11-25-17)8-18(21)20-10-12-2-5-15(6-3-12)26(19,22)23/h2-7,9,11H,8,10H2,1H3,(H,20,21)(H2,19,22,23). The number of methoxy groups -OCH3 is 1. The number of fused-ring (bicyclic) bond motifs is 1. The molecule has 1 aromatic heterocycles. The number of carbonyl (C=O) groups is 1. The van der Waals surface area contributed by atoms with Crippen LogP contribution in [0.1, 0.15) is 11.1 Å². The van der Waals surface area contributed by atoms with Gasteiger partial charge in [0.05, 0.1) is 24.7 Å². The second kappa shape index (κ2) is 7.19. The van der Waals surface area contributed by atoms with Crippen LogP contribution in [0, 0.1) is 0 Å². The molecule has 26 heavy (non-hydrogen) atoms. The quantitative estimate of drug-likeness (QED) is 0.685. The Bertz CT molecular complexity index is 1040. The van der Waals surface area contributed by atoms with Gasteiger partial charge in [-0.2, -0.15) is 0 Å². The lowest BCUT2D eigenvalue weighted by Crippen LogP contribution is -2.24. The van der Waals surface area contributed by atoms with E-state index in [0.717, 1.165) is 16.5 Å². The fourth-order valence-electron chi connectivity index (χ4n) is 2.56. The van der Waals surface area contributed by atoms with Gasteiger partial charge in [-0.25, -0.2) is 13.6 Å². The van der Waals surface area contributed by atoms with Crippen LogP contribution in [0.2, 0.25) is 0 Å². The highest BCUT2D eigenvalue weighted by Crippen LogP contribution is 2.26. The number of carbonyl (C=O) groups excluding carboxylic acids is 1. The van der Waals surface area contributed by atoms with Crippen LogP contribution in [0.3, 0.4) is 0 Å². The molecule has 0 radical (unpaired) electrons. The number of furan rings is 1. The number of ether oxygens (including phenoxy) is 1. The molecule has 2 aromatic carbocycles. The zero-order valence-electron chi connectivity index (χ0n) is 14.1. The Morgan fingerprint density at radius 3 is 2.58 bits per heavy atom. The van der Waals surface area contributed by atoms with Crippen LogP contribution in [-0.2, 0) is 27.8 Å². The van der Waals surface area contributed by atoms with E-state index in [1.807, 2.05) is 6.07 Å². The maximum absolute atomic E-state index is 12.2. The number of primary sulfonamides is 1. The van der Waals surface area contributed by atoms with Gasteiger partial charge >= 0.3 is 0 Å². The summed E-state index contributed by atoms with van der Waals surface area (Å²) in [6.45, 7) is 0.281. The van der Waals surface area contributed by atoms with Crippen molar-refractivity contribution in [1.82, 2.24) is 5.32 Å². The molecular formula is C18H18N2O5S. The number of hydrogen-bond donors (Lipinski definition) is 2. The lowest BCUT2D eigenvalue weighted by Gasteiger charge is -2.06. The molecule has 0 fully saturated rings. The zero-order chi connectivity index (χ0) is 18.7. The van der Waals surface area contributed by atoms with Crippen molar-refractivity contribution >= 4 is 26.9 Å². The van der Waals surface area contributed by atoms with E-state index in [9.17, 15) is 13.2 Å². The predicted octanol–water partition coefficient (Wildman–Crippen LogP) is 1.95. The molecule has 8 heteroatoms. The highest BCUT2D eigenvalue weighted by molar-refractivity contribution is 7.89. The van der Waals surface area contributed by atoms with Gasteiger partial charge in [-0.3, -0.25) is 4.79 Å². The summed E-state index contributed by atoms with van der Waals surface area (Å²) in [6.07, 6.45) is 1.72. The van der Waals surface area contributed by atoms with Crippen molar-refractivity contribution in [1.29, 1.82) is 0 Å². The van der Waals surface area contributed by atoms with E-state index in [1.54, 1.807) is 37.6 Å². The Morgan fingerprint density at radius 2 is 1.92 bits per heavy atom. The molecule has 0 spiro atoms. The fraction of sp³-hybridized carbons (Fsp3) is 0.167. The Kier molecular flexibility index (Phi) is 4.97. The van der Waals surface area contributed by atoms with Crippen LogP contribution in [0.15, 0.2) is 58.0 Å².